The molecule has 6 heteroatoms. The number of thiol groups is 1. The molecule has 0 rings (SSSR count). The number of ether oxygens (including phenoxy) is 1. The highest BCUT2D eigenvalue weighted by atomic mass is 32.1. The van der Waals surface area contributed by atoms with Crippen molar-refractivity contribution in [3.8, 4) is 0 Å². The molecule has 1 amide bonds. The molecule has 0 saturated carbocycles. The highest BCUT2D eigenvalue weighted by molar-refractivity contribution is 7.81. The maximum atomic E-state index is 11.5. The minimum Gasteiger partial charge on any atom is -0.444 e. The van der Waals surface area contributed by atoms with Gasteiger partial charge in [0.15, 0.2) is 8.32 Å². The molecular weight excluding hydrogens is 290 g/mol. The van der Waals surface area contributed by atoms with E-state index >= 15 is 0 Å². The zero-order chi connectivity index (χ0) is 16.2. The van der Waals surface area contributed by atoms with Crippen LogP contribution in [0.2, 0.25) is 18.1 Å². The van der Waals surface area contributed by atoms with Gasteiger partial charge >= 0.3 is 6.09 Å². The van der Waals surface area contributed by atoms with Crippen LogP contribution in [0.25, 0.3) is 0 Å². The first kappa shape index (κ1) is 19.8. The van der Waals surface area contributed by atoms with Crippen molar-refractivity contribution in [3.63, 3.8) is 0 Å². The zero-order valence-electron chi connectivity index (χ0n) is 14.2. The second-order valence-electron chi connectivity index (χ2n) is 7.61. The summed E-state index contributed by atoms with van der Waals surface area (Å²) < 4.78 is 11.2. The Morgan fingerprint density at radius 1 is 1.20 bits per heavy atom. The molecule has 0 aromatic heterocycles. The SMILES string of the molecule is CC(C)(C)OC(=O)NC[C@@H](S)CO[Si](C)(C)C(C)(C)C. The molecule has 0 fully saturated rings. The molecule has 1 atom stereocenters. The first-order chi connectivity index (χ1) is 8.74. The lowest BCUT2D eigenvalue weighted by atomic mass is 10.2. The van der Waals surface area contributed by atoms with Crippen LogP contribution in [-0.2, 0) is 9.16 Å². The van der Waals surface area contributed by atoms with E-state index in [1.54, 1.807) is 0 Å². The summed E-state index contributed by atoms with van der Waals surface area (Å²) in [6.07, 6.45) is -0.413. The van der Waals surface area contributed by atoms with Crippen molar-refractivity contribution < 1.29 is 14.0 Å². The van der Waals surface area contributed by atoms with Crippen molar-refractivity contribution >= 4 is 27.0 Å². The Morgan fingerprint density at radius 3 is 2.10 bits per heavy atom. The number of carbonyl (C=O) groups is 1. The van der Waals surface area contributed by atoms with E-state index in [-0.39, 0.29) is 10.3 Å². The molecule has 0 aliphatic heterocycles. The highest BCUT2D eigenvalue weighted by Crippen LogP contribution is 2.36. The molecular formula is C14H31NO3SSi. The summed E-state index contributed by atoms with van der Waals surface area (Å²) in [5, 5.41) is 2.86. The maximum absolute atomic E-state index is 11.5. The summed E-state index contributed by atoms with van der Waals surface area (Å²) in [6, 6.07) is 0. The minimum absolute atomic E-state index is 0.0309. The van der Waals surface area contributed by atoms with Crippen molar-refractivity contribution in [3.05, 3.63) is 0 Å². The molecule has 0 radical (unpaired) electrons. The summed E-state index contributed by atoms with van der Waals surface area (Å²) in [6.45, 7) is 17.5. The molecule has 0 bridgehead atoms. The molecule has 120 valence electrons. The Hall–Kier alpha value is -0.203. The normalized spacial score (nSPS) is 14.8. The molecule has 1 N–H and O–H groups in total. The summed E-state index contributed by atoms with van der Waals surface area (Å²) in [5.41, 5.74) is -0.478. The smallest absolute Gasteiger partial charge is 0.407 e. The number of hydrogen-bond donors (Lipinski definition) is 2. The number of carbonyl (C=O) groups excluding carboxylic acids is 1. The van der Waals surface area contributed by atoms with Gasteiger partial charge in [0.25, 0.3) is 0 Å². The molecule has 0 saturated heterocycles. The topological polar surface area (TPSA) is 47.6 Å². The Balaban J connectivity index is 4.08. The third kappa shape index (κ3) is 8.17. The molecule has 20 heavy (non-hydrogen) atoms. The predicted molar refractivity (Wildman–Crippen MR) is 90.2 cm³/mol. The number of nitrogens with one attached hydrogen (secondary N) is 1. The van der Waals surface area contributed by atoms with Crippen LogP contribution < -0.4 is 5.32 Å². The molecule has 0 aliphatic carbocycles. The fourth-order valence-electron chi connectivity index (χ4n) is 1.10. The second kappa shape index (κ2) is 7.18. The number of amides is 1. The summed E-state index contributed by atoms with van der Waals surface area (Å²) in [7, 11) is -1.75. The van der Waals surface area contributed by atoms with E-state index in [2.05, 4.69) is 51.8 Å². The third-order valence-electron chi connectivity index (χ3n) is 3.32. The van der Waals surface area contributed by atoms with Gasteiger partial charge in [-0.05, 0) is 38.9 Å². The van der Waals surface area contributed by atoms with Gasteiger partial charge in [-0.3, -0.25) is 0 Å². The van der Waals surface area contributed by atoms with Crippen LogP contribution in [-0.4, -0.2) is 38.4 Å². The zero-order valence-corrected chi connectivity index (χ0v) is 16.1. The van der Waals surface area contributed by atoms with Gasteiger partial charge in [0.1, 0.15) is 5.60 Å². The predicted octanol–water partition coefficient (Wildman–Crippen LogP) is 3.83. The molecule has 0 aromatic carbocycles. The maximum Gasteiger partial charge on any atom is 0.407 e. The van der Waals surface area contributed by atoms with Gasteiger partial charge in [-0.2, -0.15) is 12.6 Å². The van der Waals surface area contributed by atoms with Crippen LogP contribution in [0.1, 0.15) is 41.5 Å². The average Bonchev–Trinajstić information content (AvgIpc) is 2.19. The number of rotatable bonds is 5. The molecule has 0 aromatic rings. The second-order valence-corrected chi connectivity index (χ2v) is 13.1. The van der Waals surface area contributed by atoms with Crippen molar-refractivity contribution in [2.45, 2.75) is 70.5 Å². The lowest BCUT2D eigenvalue weighted by molar-refractivity contribution is 0.0526. The van der Waals surface area contributed by atoms with Gasteiger partial charge in [-0.25, -0.2) is 4.79 Å². The number of hydrogen-bond acceptors (Lipinski definition) is 4. The number of alkyl carbamates (subject to hydrolysis) is 1. The van der Waals surface area contributed by atoms with E-state index < -0.39 is 20.0 Å². The Kier molecular flexibility index (Phi) is 7.11. The Bertz CT molecular complexity index is 321. The molecule has 4 nitrogen and oxygen atoms in total. The fourth-order valence-corrected chi connectivity index (χ4v) is 2.45. The van der Waals surface area contributed by atoms with Crippen molar-refractivity contribution in [1.29, 1.82) is 0 Å². The molecule has 0 heterocycles. The van der Waals surface area contributed by atoms with E-state index in [4.69, 9.17) is 9.16 Å². The summed E-state index contributed by atoms with van der Waals surface area (Å²) in [4.78, 5) is 11.5. The van der Waals surface area contributed by atoms with Crippen molar-refractivity contribution in [2.75, 3.05) is 13.2 Å². The third-order valence-corrected chi connectivity index (χ3v) is 8.16. The first-order valence-corrected chi connectivity index (χ1v) is 10.5. The van der Waals surface area contributed by atoms with Crippen LogP contribution >= 0.6 is 12.6 Å². The van der Waals surface area contributed by atoms with Crippen LogP contribution in [0.15, 0.2) is 0 Å². The van der Waals surface area contributed by atoms with Crippen LogP contribution in [0.4, 0.5) is 4.79 Å². The van der Waals surface area contributed by atoms with Gasteiger partial charge in [0.05, 0.1) is 0 Å². The largest absolute Gasteiger partial charge is 0.444 e. The molecule has 0 aliphatic rings. The first-order valence-electron chi connectivity index (χ1n) is 7.03. The lowest BCUT2D eigenvalue weighted by Gasteiger charge is -2.36. The van der Waals surface area contributed by atoms with Crippen molar-refractivity contribution in [1.82, 2.24) is 5.32 Å². The van der Waals surface area contributed by atoms with E-state index in [9.17, 15) is 4.79 Å². The lowest BCUT2D eigenvalue weighted by Crippen LogP contribution is -2.43. The molecule has 0 unspecified atom stereocenters. The minimum atomic E-state index is -1.75. The standard InChI is InChI=1S/C14H31NO3SSi/c1-13(2,3)18-12(16)15-9-11(19)10-17-20(7,8)14(4,5)6/h11,19H,9-10H2,1-8H3,(H,15,16)/t11-/m1/s1. The summed E-state index contributed by atoms with van der Waals surface area (Å²) >= 11 is 4.45. The van der Waals surface area contributed by atoms with E-state index in [0.29, 0.717) is 13.2 Å². The summed E-state index contributed by atoms with van der Waals surface area (Å²) in [5.74, 6) is 0. The Labute approximate surface area is 130 Å². The van der Waals surface area contributed by atoms with Gasteiger partial charge in [0, 0.05) is 18.4 Å². The van der Waals surface area contributed by atoms with Gasteiger partial charge in [-0.1, -0.05) is 20.8 Å². The van der Waals surface area contributed by atoms with E-state index in [1.165, 1.54) is 0 Å². The van der Waals surface area contributed by atoms with Crippen LogP contribution in [0, 0.1) is 0 Å². The van der Waals surface area contributed by atoms with Crippen molar-refractivity contribution in [2.24, 2.45) is 0 Å². The highest BCUT2D eigenvalue weighted by Gasteiger charge is 2.37. The Morgan fingerprint density at radius 2 is 1.70 bits per heavy atom. The monoisotopic (exact) mass is 321 g/mol. The van der Waals surface area contributed by atoms with E-state index in [1.807, 2.05) is 20.8 Å². The average molecular weight is 322 g/mol. The van der Waals surface area contributed by atoms with Crippen LogP contribution in [0.3, 0.4) is 0 Å². The molecule has 0 spiro atoms. The van der Waals surface area contributed by atoms with E-state index in [0.717, 1.165) is 0 Å². The van der Waals surface area contributed by atoms with Gasteiger partial charge in [-0.15, -0.1) is 0 Å². The van der Waals surface area contributed by atoms with Gasteiger partial charge < -0.3 is 14.5 Å². The quantitative estimate of drug-likeness (QED) is 0.597. The van der Waals surface area contributed by atoms with Gasteiger partial charge in [0.2, 0.25) is 0 Å². The van der Waals surface area contributed by atoms with Crippen LogP contribution in [0.5, 0.6) is 0 Å². The fraction of sp³-hybridized carbons (Fsp3) is 0.929.